The predicted octanol–water partition coefficient (Wildman–Crippen LogP) is 3.29. The molecule has 2 aliphatic rings. The lowest BCUT2D eigenvalue weighted by Gasteiger charge is -2.20. The van der Waals surface area contributed by atoms with Gasteiger partial charge in [-0.1, -0.05) is 30.3 Å². The second-order valence-corrected chi connectivity index (χ2v) is 6.66. The minimum absolute atomic E-state index is 0.0537. The van der Waals surface area contributed by atoms with E-state index in [1.807, 2.05) is 25.2 Å². The number of hydrogen-bond acceptors (Lipinski definition) is 3. The van der Waals surface area contributed by atoms with Crippen molar-refractivity contribution in [1.82, 2.24) is 10.2 Å². The number of urea groups is 1. The molecule has 0 saturated heterocycles. The lowest BCUT2D eigenvalue weighted by Crippen LogP contribution is -2.38. The normalized spacial score (nSPS) is 17.2. The number of ether oxygens (including phenoxy) is 2. The van der Waals surface area contributed by atoms with E-state index in [1.165, 1.54) is 11.1 Å². The van der Waals surface area contributed by atoms with E-state index >= 15 is 0 Å². The van der Waals surface area contributed by atoms with E-state index < -0.39 is 0 Å². The zero-order chi connectivity index (χ0) is 17.2. The van der Waals surface area contributed by atoms with Gasteiger partial charge in [0.1, 0.15) is 0 Å². The largest absolute Gasteiger partial charge is 0.454 e. The molecule has 1 aliphatic carbocycles. The van der Waals surface area contributed by atoms with Crippen LogP contribution in [0.2, 0.25) is 0 Å². The van der Waals surface area contributed by atoms with Gasteiger partial charge < -0.3 is 19.7 Å². The molecule has 1 N–H and O–H groups in total. The third-order valence-corrected chi connectivity index (χ3v) is 4.96. The summed E-state index contributed by atoms with van der Waals surface area (Å²) < 4.78 is 10.7. The van der Waals surface area contributed by atoms with Crippen LogP contribution in [0.4, 0.5) is 4.79 Å². The lowest BCUT2D eigenvalue weighted by atomic mass is 10.0. The van der Waals surface area contributed by atoms with Crippen molar-refractivity contribution in [3.8, 4) is 11.5 Å². The van der Waals surface area contributed by atoms with E-state index in [0.717, 1.165) is 29.9 Å². The number of carbonyl (C=O) groups is 1. The molecule has 25 heavy (non-hydrogen) atoms. The topological polar surface area (TPSA) is 50.8 Å². The van der Waals surface area contributed by atoms with E-state index in [-0.39, 0.29) is 12.8 Å². The maximum absolute atomic E-state index is 12.4. The Labute approximate surface area is 147 Å². The van der Waals surface area contributed by atoms with Gasteiger partial charge in [-0.3, -0.25) is 0 Å². The van der Waals surface area contributed by atoms with Crippen molar-refractivity contribution in [2.24, 2.45) is 0 Å². The fraction of sp³-hybridized carbons (Fsp3) is 0.350. The molecule has 4 rings (SSSR count). The molecule has 0 aromatic heterocycles. The van der Waals surface area contributed by atoms with Crippen LogP contribution in [0, 0.1) is 0 Å². The van der Waals surface area contributed by atoms with Crippen LogP contribution in [-0.2, 0) is 13.0 Å². The second-order valence-electron chi connectivity index (χ2n) is 6.66. The predicted molar refractivity (Wildman–Crippen MR) is 94.9 cm³/mol. The molecular formula is C20H22N2O3. The summed E-state index contributed by atoms with van der Waals surface area (Å²) in [5.74, 6) is 1.92. The van der Waals surface area contributed by atoms with Gasteiger partial charge in [-0.25, -0.2) is 4.79 Å². The van der Waals surface area contributed by atoms with Gasteiger partial charge in [0, 0.05) is 26.1 Å². The first kappa shape index (κ1) is 15.8. The number of amides is 2. The maximum Gasteiger partial charge on any atom is 0.317 e. The quantitative estimate of drug-likeness (QED) is 0.931. The van der Waals surface area contributed by atoms with Crippen LogP contribution < -0.4 is 14.8 Å². The molecule has 1 unspecified atom stereocenters. The molecule has 5 heteroatoms. The van der Waals surface area contributed by atoms with Crippen molar-refractivity contribution in [3.05, 3.63) is 59.2 Å². The third-order valence-electron chi connectivity index (χ3n) is 4.96. The standard InChI is InChI=1S/C20H22N2O3/c1-22(12-14-6-9-18-19(10-14)25-13-24-18)20(23)21-11-16-8-7-15-4-2-3-5-17(15)16/h2-6,9-10,16H,7-8,11-13H2,1H3,(H,21,23). The highest BCUT2D eigenvalue weighted by Gasteiger charge is 2.23. The fourth-order valence-electron chi connectivity index (χ4n) is 3.59. The summed E-state index contributed by atoms with van der Waals surface area (Å²) in [7, 11) is 1.81. The first-order valence-electron chi connectivity index (χ1n) is 8.66. The SMILES string of the molecule is CN(Cc1ccc2c(c1)OCO2)C(=O)NCC1CCc2ccccc21. The minimum atomic E-state index is -0.0537. The summed E-state index contributed by atoms with van der Waals surface area (Å²) in [5, 5.41) is 3.07. The third kappa shape index (κ3) is 3.27. The Morgan fingerprint density at radius 3 is 2.96 bits per heavy atom. The Kier molecular flexibility index (Phi) is 4.22. The first-order chi connectivity index (χ1) is 12.2. The Morgan fingerprint density at radius 1 is 1.20 bits per heavy atom. The van der Waals surface area contributed by atoms with Crippen LogP contribution in [0.5, 0.6) is 11.5 Å². The lowest BCUT2D eigenvalue weighted by molar-refractivity contribution is 0.174. The van der Waals surface area contributed by atoms with Crippen molar-refractivity contribution >= 4 is 6.03 Å². The van der Waals surface area contributed by atoms with E-state index in [4.69, 9.17) is 9.47 Å². The van der Waals surface area contributed by atoms with Crippen molar-refractivity contribution in [3.63, 3.8) is 0 Å². The summed E-state index contributed by atoms with van der Waals surface area (Å²) in [5.41, 5.74) is 3.81. The highest BCUT2D eigenvalue weighted by atomic mass is 16.7. The van der Waals surface area contributed by atoms with Gasteiger partial charge in [-0.15, -0.1) is 0 Å². The summed E-state index contributed by atoms with van der Waals surface area (Å²) in [6.45, 7) is 1.48. The molecule has 2 aromatic rings. The summed E-state index contributed by atoms with van der Waals surface area (Å²) in [4.78, 5) is 14.1. The fourth-order valence-corrected chi connectivity index (χ4v) is 3.59. The van der Waals surface area contributed by atoms with E-state index in [2.05, 4.69) is 29.6 Å². The molecule has 0 saturated carbocycles. The minimum Gasteiger partial charge on any atom is -0.454 e. The van der Waals surface area contributed by atoms with Gasteiger partial charge in [0.2, 0.25) is 6.79 Å². The summed E-state index contributed by atoms with van der Waals surface area (Å²) >= 11 is 0. The van der Waals surface area contributed by atoms with Crippen LogP contribution in [0.15, 0.2) is 42.5 Å². The summed E-state index contributed by atoms with van der Waals surface area (Å²) in [6, 6.07) is 14.2. The Bertz CT molecular complexity index is 790. The molecule has 2 aromatic carbocycles. The average molecular weight is 338 g/mol. The molecule has 1 atom stereocenters. The van der Waals surface area contributed by atoms with Crippen molar-refractivity contribution < 1.29 is 14.3 Å². The Hall–Kier alpha value is -2.69. The Balaban J connectivity index is 1.32. The number of carbonyl (C=O) groups excluding carboxylic acids is 1. The van der Waals surface area contributed by atoms with Gasteiger partial charge in [-0.05, 0) is 41.7 Å². The number of hydrogen-bond donors (Lipinski definition) is 1. The zero-order valence-electron chi connectivity index (χ0n) is 14.3. The number of nitrogens with zero attached hydrogens (tertiary/aromatic N) is 1. The van der Waals surface area contributed by atoms with Crippen LogP contribution in [0.3, 0.4) is 0 Å². The molecular weight excluding hydrogens is 316 g/mol. The number of benzene rings is 2. The van der Waals surface area contributed by atoms with Crippen molar-refractivity contribution in [1.29, 1.82) is 0 Å². The molecule has 0 bridgehead atoms. The first-order valence-corrected chi connectivity index (χ1v) is 8.66. The number of rotatable bonds is 4. The van der Waals surface area contributed by atoms with Crippen LogP contribution >= 0.6 is 0 Å². The molecule has 1 aliphatic heterocycles. The second kappa shape index (κ2) is 6.67. The zero-order valence-corrected chi connectivity index (χ0v) is 14.3. The molecule has 0 fully saturated rings. The van der Waals surface area contributed by atoms with Gasteiger partial charge in [0.15, 0.2) is 11.5 Å². The molecule has 1 heterocycles. The van der Waals surface area contributed by atoms with Gasteiger partial charge >= 0.3 is 6.03 Å². The molecule has 0 spiro atoms. The van der Waals surface area contributed by atoms with Gasteiger partial charge in [0.25, 0.3) is 0 Å². The molecule has 5 nitrogen and oxygen atoms in total. The molecule has 130 valence electrons. The van der Waals surface area contributed by atoms with Crippen LogP contribution in [-0.4, -0.2) is 31.3 Å². The van der Waals surface area contributed by atoms with Crippen LogP contribution in [0.1, 0.15) is 29.0 Å². The Morgan fingerprint density at radius 2 is 2.04 bits per heavy atom. The smallest absolute Gasteiger partial charge is 0.317 e. The average Bonchev–Trinajstić information content (AvgIpc) is 3.26. The number of nitrogens with one attached hydrogen (secondary N) is 1. The van der Waals surface area contributed by atoms with E-state index in [9.17, 15) is 4.79 Å². The van der Waals surface area contributed by atoms with Gasteiger partial charge in [0.05, 0.1) is 0 Å². The highest BCUT2D eigenvalue weighted by Crippen LogP contribution is 2.33. The van der Waals surface area contributed by atoms with E-state index in [1.54, 1.807) is 4.90 Å². The van der Waals surface area contributed by atoms with E-state index in [0.29, 0.717) is 19.0 Å². The summed E-state index contributed by atoms with van der Waals surface area (Å²) in [6.07, 6.45) is 2.20. The van der Waals surface area contributed by atoms with Crippen molar-refractivity contribution in [2.75, 3.05) is 20.4 Å². The van der Waals surface area contributed by atoms with Gasteiger partial charge in [-0.2, -0.15) is 0 Å². The highest BCUT2D eigenvalue weighted by molar-refractivity contribution is 5.74. The molecule has 0 radical (unpaired) electrons. The van der Waals surface area contributed by atoms with Crippen molar-refractivity contribution in [2.45, 2.75) is 25.3 Å². The monoisotopic (exact) mass is 338 g/mol. The maximum atomic E-state index is 12.4. The number of fused-ring (bicyclic) bond motifs is 2. The molecule has 2 amide bonds. The number of aryl methyl sites for hydroxylation is 1. The van der Waals surface area contributed by atoms with Crippen LogP contribution in [0.25, 0.3) is 0 Å².